The molecule has 2 aliphatic heterocycles. The van der Waals surface area contributed by atoms with Crippen LogP contribution in [0.15, 0.2) is 4.90 Å². The van der Waals surface area contributed by atoms with Gasteiger partial charge in [0.25, 0.3) is 0 Å². The molecule has 2 fully saturated rings. The normalized spacial score (nSPS) is 27.1. The number of rotatable bonds is 2. The number of aryl methyl sites for hydroxylation is 2. The fourth-order valence-corrected chi connectivity index (χ4v) is 4.86. The summed E-state index contributed by atoms with van der Waals surface area (Å²) in [4.78, 5) is 0.306. The molecule has 3 rings (SSSR count). The Kier molecular flexibility index (Phi) is 4.41. The van der Waals surface area contributed by atoms with Gasteiger partial charge in [-0.05, 0) is 13.8 Å². The Labute approximate surface area is 124 Å². The van der Waals surface area contributed by atoms with Crippen LogP contribution in [0, 0.1) is 13.8 Å². The maximum atomic E-state index is 12.8. The van der Waals surface area contributed by atoms with Crippen molar-refractivity contribution >= 4 is 22.4 Å². The third kappa shape index (κ3) is 2.35. The van der Waals surface area contributed by atoms with Crippen molar-refractivity contribution in [3.05, 3.63) is 11.4 Å². The number of fused-ring (bicyclic) bond motifs is 1. The zero-order valence-corrected chi connectivity index (χ0v) is 13.1. The second kappa shape index (κ2) is 5.61. The van der Waals surface area contributed by atoms with Gasteiger partial charge in [-0.15, -0.1) is 12.4 Å². The fraction of sp³-hybridized carbons (Fsp3) is 0.727. The van der Waals surface area contributed by atoms with Gasteiger partial charge in [-0.25, -0.2) is 8.42 Å². The van der Waals surface area contributed by atoms with Crippen molar-refractivity contribution < 1.29 is 13.2 Å². The van der Waals surface area contributed by atoms with E-state index in [2.05, 4.69) is 15.5 Å². The lowest BCUT2D eigenvalue weighted by Crippen LogP contribution is -2.53. The predicted octanol–water partition coefficient (Wildman–Crippen LogP) is -0.190. The Bertz CT molecular complexity index is 569. The van der Waals surface area contributed by atoms with Gasteiger partial charge in [-0.3, -0.25) is 5.10 Å². The molecule has 7 nitrogen and oxygen atoms in total. The lowest BCUT2D eigenvalue weighted by molar-refractivity contribution is -0.0149. The SMILES string of the molecule is Cc1n[nH]c(C)c1S(=O)(=O)N1CCO[C@H]2CNC[C@H]21.Cl. The molecule has 3 heterocycles. The molecule has 1 aromatic heterocycles. The molecule has 0 radical (unpaired) electrons. The number of hydrogen-bond acceptors (Lipinski definition) is 5. The standard InChI is InChI=1S/C11H18N4O3S.ClH/c1-7-11(8(2)14-13-7)19(16,17)15-3-4-18-10-6-12-5-9(10)15;/h9-10,12H,3-6H2,1-2H3,(H,13,14);1H/t9-,10+;/m1./s1. The molecule has 0 aliphatic carbocycles. The third-order valence-electron chi connectivity index (χ3n) is 3.77. The van der Waals surface area contributed by atoms with Crippen molar-refractivity contribution in [1.29, 1.82) is 0 Å². The first-order chi connectivity index (χ1) is 9.01. The molecule has 2 saturated heterocycles. The summed E-state index contributed by atoms with van der Waals surface area (Å²) in [6, 6.07) is -0.118. The van der Waals surface area contributed by atoms with Crippen LogP contribution >= 0.6 is 12.4 Å². The molecule has 0 aromatic carbocycles. The van der Waals surface area contributed by atoms with E-state index < -0.39 is 10.0 Å². The van der Waals surface area contributed by atoms with Crippen LogP contribution < -0.4 is 5.32 Å². The maximum Gasteiger partial charge on any atom is 0.247 e. The van der Waals surface area contributed by atoms with Crippen LogP contribution in [-0.4, -0.2) is 61.3 Å². The van der Waals surface area contributed by atoms with Gasteiger partial charge in [0, 0.05) is 19.6 Å². The summed E-state index contributed by atoms with van der Waals surface area (Å²) in [6.45, 7) is 5.63. The molecule has 114 valence electrons. The van der Waals surface area contributed by atoms with Crippen LogP contribution in [-0.2, 0) is 14.8 Å². The largest absolute Gasteiger partial charge is 0.374 e. The van der Waals surface area contributed by atoms with Gasteiger partial charge in [0.2, 0.25) is 10.0 Å². The van der Waals surface area contributed by atoms with E-state index in [1.165, 1.54) is 0 Å². The van der Waals surface area contributed by atoms with Gasteiger partial charge in [0.15, 0.2) is 0 Å². The van der Waals surface area contributed by atoms with Gasteiger partial charge in [-0.2, -0.15) is 9.40 Å². The Morgan fingerprint density at radius 1 is 1.35 bits per heavy atom. The summed E-state index contributed by atoms with van der Waals surface area (Å²) >= 11 is 0. The lowest BCUT2D eigenvalue weighted by atomic mass is 10.2. The third-order valence-corrected chi connectivity index (χ3v) is 5.96. The number of hydrogen-bond donors (Lipinski definition) is 2. The van der Waals surface area contributed by atoms with Gasteiger partial charge in [0.05, 0.1) is 30.1 Å². The fourth-order valence-electron chi connectivity index (χ4n) is 2.89. The molecule has 1 aromatic rings. The second-order valence-electron chi connectivity index (χ2n) is 5.01. The summed E-state index contributed by atoms with van der Waals surface area (Å²) < 4.78 is 32.8. The smallest absolute Gasteiger partial charge is 0.247 e. The number of morpholine rings is 1. The minimum atomic E-state index is -3.51. The number of nitrogens with one attached hydrogen (secondary N) is 2. The minimum absolute atomic E-state index is 0. The molecule has 0 unspecified atom stereocenters. The summed E-state index contributed by atoms with van der Waals surface area (Å²) in [5, 5.41) is 9.91. The van der Waals surface area contributed by atoms with Crippen LogP contribution in [0.3, 0.4) is 0 Å². The highest BCUT2D eigenvalue weighted by atomic mass is 35.5. The van der Waals surface area contributed by atoms with E-state index in [1.807, 2.05) is 0 Å². The number of aromatic amines is 1. The van der Waals surface area contributed by atoms with E-state index in [9.17, 15) is 8.42 Å². The molecule has 2 N–H and O–H groups in total. The molecule has 0 saturated carbocycles. The van der Waals surface area contributed by atoms with Crippen LogP contribution in [0.2, 0.25) is 0 Å². The number of aromatic nitrogens is 2. The molecule has 20 heavy (non-hydrogen) atoms. The van der Waals surface area contributed by atoms with Crippen molar-refractivity contribution in [3.63, 3.8) is 0 Å². The molecule has 0 amide bonds. The maximum absolute atomic E-state index is 12.8. The van der Waals surface area contributed by atoms with Gasteiger partial charge in [0.1, 0.15) is 4.90 Å². The number of H-pyrrole nitrogens is 1. The monoisotopic (exact) mass is 322 g/mol. The lowest BCUT2D eigenvalue weighted by Gasteiger charge is -2.35. The van der Waals surface area contributed by atoms with E-state index in [0.717, 1.165) is 0 Å². The molecular formula is C11H19ClN4O3S. The highest BCUT2D eigenvalue weighted by Crippen LogP contribution is 2.28. The summed E-state index contributed by atoms with van der Waals surface area (Å²) in [6.07, 6.45) is -0.0453. The number of nitrogens with zero attached hydrogens (tertiary/aromatic N) is 2. The highest BCUT2D eigenvalue weighted by Gasteiger charge is 2.43. The van der Waals surface area contributed by atoms with Crippen LogP contribution in [0.5, 0.6) is 0 Å². The zero-order chi connectivity index (χ0) is 13.6. The molecule has 9 heteroatoms. The Hall–Kier alpha value is -0.670. The molecule has 0 spiro atoms. The summed E-state index contributed by atoms with van der Waals surface area (Å²) in [7, 11) is -3.51. The average molecular weight is 323 g/mol. The predicted molar refractivity (Wildman–Crippen MR) is 75.6 cm³/mol. The average Bonchev–Trinajstić information content (AvgIpc) is 2.95. The first kappa shape index (κ1) is 15.7. The number of halogens is 1. The Morgan fingerprint density at radius 3 is 2.75 bits per heavy atom. The summed E-state index contributed by atoms with van der Waals surface area (Å²) in [5.41, 5.74) is 1.11. The van der Waals surface area contributed by atoms with Crippen LogP contribution in [0.4, 0.5) is 0 Å². The quantitative estimate of drug-likeness (QED) is 0.788. The van der Waals surface area contributed by atoms with E-state index in [1.54, 1.807) is 18.2 Å². The molecular weight excluding hydrogens is 304 g/mol. The minimum Gasteiger partial charge on any atom is -0.374 e. The zero-order valence-electron chi connectivity index (χ0n) is 11.4. The topological polar surface area (TPSA) is 87.3 Å². The van der Waals surface area contributed by atoms with E-state index in [0.29, 0.717) is 42.5 Å². The number of sulfonamides is 1. The Morgan fingerprint density at radius 2 is 2.10 bits per heavy atom. The Balaban J connectivity index is 0.00000147. The van der Waals surface area contributed by atoms with Gasteiger partial charge < -0.3 is 10.1 Å². The van der Waals surface area contributed by atoms with E-state index in [4.69, 9.17) is 4.74 Å². The number of ether oxygens (including phenoxy) is 1. The van der Waals surface area contributed by atoms with Gasteiger partial charge in [-0.1, -0.05) is 0 Å². The highest BCUT2D eigenvalue weighted by molar-refractivity contribution is 7.89. The summed E-state index contributed by atoms with van der Waals surface area (Å²) in [5.74, 6) is 0. The van der Waals surface area contributed by atoms with E-state index >= 15 is 0 Å². The molecule has 2 aliphatic rings. The van der Waals surface area contributed by atoms with Gasteiger partial charge >= 0.3 is 0 Å². The first-order valence-electron chi connectivity index (χ1n) is 6.37. The molecule has 0 bridgehead atoms. The second-order valence-corrected chi connectivity index (χ2v) is 6.84. The molecule has 2 atom stereocenters. The van der Waals surface area contributed by atoms with Crippen molar-refractivity contribution in [2.75, 3.05) is 26.2 Å². The van der Waals surface area contributed by atoms with Crippen LogP contribution in [0.25, 0.3) is 0 Å². The van der Waals surface area contributed by atoms with Crippen molar-refractivity contribution in [2.24, 2.45) is 0 Å². The van der Waals surface area contributed by atoms with Crippen molar-refractivity contribution in [3.8, 4) is 0 Å². The van der Waals surface area contributed by atoms with Crippen molar-refractivity contribution in [1.82, 2.24) is 19.8 Å². The van der Waals surface area contributed by atoms with E-state index in [-0.39, 0.29) is 24.6 Å². The first-order valence-corrected chi connectivity index (χ1v) is 7.81. The van der Waals surface area contributed by atoms with Crippen LogP contribution in [0.1, 0.15) is 11.4 Å². The van der Waals surface area contributed by atoms with Crippen molar-refractivity contribution in [2.45, 2.75) is 30.9 Å².